The topological polar surface area (TPSA) is 42.4 Å². The molecular weight excluding hydrogens is 309 g/mol. The number of aliphatic hydroxyl groups excluding tert-OH is 1. The zero-order valence-electron chi connectivity index (χ0n) is 10.9. The van der Waals surface area contributed by atoms with Crippen molar-refractivity contribution < 1.29 is 9.84 Å². The molecule has 0 bridgehead atoms. The second kappa shape index (κ2) is 5.90. The van der Waals surface area contributed by atoms with Crippen LogP contribution >= 0.6 is 23.2 Å². The van der Waals surface area contributed by atoms with E-state index in [2.05, 4.69) is 4.98 Å². The third kappa shape index (κ3) is 2.81. The highest BCUT2D eigenvalue weighted by Crippen LogP contribution is 2.34. The Bertz CT molecular complexity index is 805. The average molecular weight is 320 g/mol. The molecule has 0 aliphatic heterocycles. The summed E-state index contributed by atoms with van der Waals surface area (Å²) in [6.45, 7) is -0.168. The maximum Gasteiger partial charge on any atom is 0.219 e. The Morgan fingerprint density at radius 2 is 1.76 bits per heavy atom. The van der Waals surface area contributed by atoms with Crippen LogP contribution in [0.2, 0.25) is 10.0 Å². The molecule has 0 radical (unpaired) electrons. The molecule has 3 nitrogen and oxygen atoms in total. The highest BCUT2D eigenvalue weighted by atomic mass is 35.5. The van der Waals surface area contributed by atoms with Crippen molar-refractivity contribution in [1.82, 2.24) is 4.98 Å². The van der Waals surface area contributed by atoms with Gasteiger partial charge in [0.05, 0.1) is 11.6 Å². The number of rotatable bonds is 3. The van der Waals surface area contributed by atoms with Gasteiger partial charge in [-0.1, -0.05) is 47.5 Å². The standard InChI is InChI=1S/C16H11Cl2NO2/c17-13-5-6-15(12-4-2-1-3-11(12)13)21-16-7-10(9-20)14(18)8-19-16/h1-8,20H,9H2. The highest BCUT2D eigenvalue weighted by Gasteiger charge is 2.09. The Balaban J connectivity index is 2.04. The van der Waals surface area contributed by atoms with Crippen molar-refractivity contribution in [2.75, 3.05) is 0 Å². The molecular formula is C16H11Cl2NO2. The second-order valence-corrected chi connectivity index (χ2v) is 5.28. The fourth-order valence-electron chi connectivity index (χ4n) is 2.07. The van der Waals surface area contributed by atoms with E-state index in [1.807, 2.05) is 24.3 Å². The molecule has 21 heavy (non-hydrogen) atoms. The van der Waals surface area contributed by atoms with E-state index in [0.717, 1.165) is 10.8 Å². The molecule has 0 amide bonds. The molecule has 0 fully saturated rings. The lowest BCUT2D eigenvalue weighted by Crippen LogP contribution is -1.93. The third-order valence-corrected chi connectivity index (χ3v) is 3.80. The van der Waals surface area contributed by atoms with Crippen molar-refractivity contribution in [2.45, 2.75) is 6.61 Å². The van der Waals surface area contributed by atoms with Crippen molar-refractivity contribution in [1.29, 1.82) is 0 Å². The lowest BCUT2D eigenvalue weighted by atomic mass is 10.1. The Hall–Kier alpha value is -1.81. The quantitative estimate of drug-likeness (QED) is 0.752. The Kier molecular flexibility index (Phi) is 3.97. The van der Waals surface area contributed by atoms with Crippen molar-refractivity contribution in [3.8, 4) is 11.6 Å². The molecule has 3 rings (SSSR count). The zero-order valence-corrected chi connectivity index (χ0v) is 12.4. The molecule has 2 aromatic carbocycles. The number of ether oxygens (including phenoxy) is 1. The number of pyridine rings is 1. The Morgan fingerprint density at radius 3 is 2.52 bits per heavy atom. The van der Waals surface area contributed by atoms with Gasteiger partial charge in [-0.25, -0.2) is 4.98 Å². The first-order valence-corrected chi connectivity index (χ1v) is 7.05. The van der Waals surface area contributed by atoms with Crippen LogP contribution in [0.3, 0.4) is 0 Å². The number of benzene rings is 2. The van der Waals surface area contributed by atoms with Gasteiger partial charge in [-0.15, -0.1) is 0 Å². The molecule has 0 aliphatic carbocycles. The van der Waals surface area contributed by atoms with E-state index in [9.17, 15) is 5.11 Å². The van der Waals surface area contributed by atoms with Crippen LogP contribution in [0.25, 0.3) is 10.8 Å². The van der Waals surface area contributed by atoms with Gasteiger partial charge in [0.1, 0.15) is 5.75 Å². The summed E-state index contributed by atoms with van der Waals surface area (Å²) in [5, 5.41) is 12.1. The van der Waals surface area contributed by atoms with Gasteiger partial charge >= 0.3 is 0 Å². The summed E-state index contributed by atoms with van der Waals surface area (Å²) in [4.78, 5) is 4.11. The van der Waals surface area contributed by atoms with E-state index < -0.39 is 0 Å². The molecule has 3 aromatic rings. The monoisotopic (exact) mass is 319 g/mol. The van der Waals surface area contributed by atoms with Crippen molar-refractivity contribution in [3.63, 3.8) is 0 Å². The first-order valence-electron chi connectivity index (χ1n) is 6.29. The molecule has 0 spiro atoms. The Labute approximate surface area is 131 Å². The molecule has 1 aromatic heterocycles. The van der Waals surface area contributed by atoms with Crippen LogP contribution in [0, 0.1) is 0 Å². The number of hydrogen-bond donors (Lipinski definition) is 1. The molecule has 0 unspecified atom stereocenters. The lowest BCUT2D eigenvalue weighted by Gasteiger charge is -2.10. The minimum absolute atomic E-state index is 0.168. The number of halogens is 2. The SMILES string of the molecule is OCc1cc(Oc2ccc(Cl)c3ccccc23)ncc1Cl. The first kappa shape index (κ1) is 14.1. The smallest absolute Gasteiger partial charge is 0.219 e. The summed E-state index contributed by atoms with van der Waals surface area (Å²) in [5.41, 5.74) is 0.569. The van der Waals surface area contributed by atoms with Gasteiger partial charge in [-0.3, -0.25) is 0 Å². The number of hydrogen-bond acceptors (Lipinski definition) is 3. The summed E-state index contributed by atoms with van der Waals surface area (Å²) in [7, 11) is 0. The van der Waals surface area contributed by atoms with Crippen LogP contribution in [0.4, 0.5) is 0 Å². The van der Waals surface area contributed by atoms with E-state index in [0.29, 0.717) is 27.2 Å². The van der Waals surface area contributed by atoms with Gasteiger partial charge in [0.25, 0.3) is 0 Å². The molecule has 0 aliphatic rings. The van der Waals surface area contributed by atoms with E-state index in [4.69, 9.17) is 27.9 Å². The molecule has 1 N–H and O–H groups in total. The van der Waals surface area contributed by atoms with Gasteiger partial charge in [0.2, 0.25) is 5.88 Å². The van der Waals surface area contributed by atoms with E-state index >= 15 is 0 Å². The molecule has 106 valence electrons. The maximum absolute atomic E-state index is 9.23. The number of nitrogens with zero attached hydrogens (tertiary/aromatic N) is 1. The normalized spacial score (nSPS) is 10.8. The van der Waals surface area contributed by atoms with E-state index in [1.54, 1.807) is 18.2 Å². The van der Waals surface area contributed by atoms with Gasteiger partial charge < -0.3 is 9.84 Å². The fourth-order valence-corrected chi connectivity index (χ4v) is 2.46. The number of fused-ring (bicyclic) bond motifs is 1. The summed E-state index contributed by atoms with van der Waals surface area (Å²) in [6.07, 6.45) is 1.46. The predicted octanol–water partition coefficient (Wildman–Crippen LogP) is 4.83. The van der Waals surface area contributed by atoms with Crippen LogP contribution in [0.1, 0.15) is 5.56 Å². The van der Waals surface area contributed by atoms with E-state index in [-0.39, 0.29) is 6.61 Å². The van der Waals surface area contributed by atoms with Crippen LogP contribution < -0.4 is 4.74 Å². The molecule has 0 saturated heterocycles. The fraction of sp³-hybridized carbons (Fsp3) is 0.0625. The lowest BCUT2D eigenvalue weighted by molar-refractivity contribution is 0.281. The first-order chi connectivity index (χ1) is 10.2. The second-order valence-electron chi connectivity index (χ2n) is 4.47. The van der Waals surface area contributed by atoms with Crippen LogP contribution in [0.15, 0.2) is 48.7 Å². The van der Waals surface area contributed by atoms with Crippen molar-refractivity contribution in [2.24, 2.45) is 0 Å². The Morgan fingerprint density at radius 1 is 1.00 bits per heavy atom. The number of aromatic nitrogens is 1. The molecule has 0 saturated carbocycles. The summed E-state index contributed by atoms with van der Waals surface area (Å²) < 4.78 is 5.80. The zero-order chi connectivity index (χ0) is 14.8. The number of aliphatic hydroxyl groups is 1. The van der Waals surface area contributed by atoms with Gasteiger partial charge in [-0.05, 0) is 12.1 Å². The average Bonchev–Trinajstić information content (AvgIpc) is 2.52. The van der Waals surface area contributed by atoms with Crippen LogP contribution in [-0.2, 0) is 6.61 Å². The van der Waals surface area contributed by atoms with Crippen molar-refractivity contribution in [3.05, 3.63) is 64.3 Å². The minimum Gasteiger partial charge on any atom is -0.438 e. The summed E-state index contributed by atoms with van der Waals surface area (Å²) >= 11 is 12.1. The van der Waals surface area contributed by atoms with Gasteiger partial charge in [0.15, 0.2) is 0 Å². The molecule has 0 atom stereocenters. The largest absolute Gasteiger partial charge is 0.438 e. The minimum atomic E-state index is -0.168. The third-order valence-electron chi connectivity index (χ3n) is 3.13. The van der Waals surface area contributed by atoms with E-state index in [1.165, 1.54) is 6.20 Å². The van der Waals surface area contributed by atoms with Crippen LogP contribution in [-0.4, -0.2) is 10.1 Å². The molecule has 1 heterocycles. The maximum atomic E-state index is 9.23. The predicted molar refractivity (Wildman–Crippen MR) is 84.2 cm³/mol. The van der Waals surface area contributed by atoms with Gasteiger partial charge in [-0.2, -0.15) is 0 Å². The van der Waals surface area contributed by atoms with Crippen LogP contribution in [0.5, 0.6) is 11.6 Å². The van der Waals surface area contributed by atoms with Gasteiger partial charge in [0, 0.05) is 33.6 Å². The molecule has 5 heteroatoms. The van der Waals surface area contributed by atoms with Crippen molar-refractivity contribution >= 4 is 34.0 Å². The summed E-state index contributed by atoms with van der Waals surface area (Å²) in [5.74, 6) is 1.02. The highest BCUT2D eigenvalue weighted by molar-refractivity contribution is 6.35. The summed E-state index contributed by atoms with van der Waals surface area (Å²) in [6, 6.07) is 12.9.